The molecule has 1 spiro atoms. The summed E-state index contributed by atoms with van der Waals surface area (Å²) in [6, 6.07) is 11.4. The third-order valence-electron chi connectivity index (χ3n) is 4.81. The van der Waals surface area contributed by atoms with Crippen molar-refractivity contribution in [2.75, 3.05) is 0 Å². The van der Waals surface area contributed by atoms with Crippen LogP contribution in [0.1, 0.15) is 29.5 Å². The highest BCUT2D eigenvalue weighted by Crippen LogP contribution is 2.57. The number of hydrogen-bond acceptors (Lipinski definition) is 0. The minimum absolute atomic E-state index is 0.377. The van der Waals surface area contributed by atoms with E-state index in [1.54, 1.807) is 5.56 Å². The Morgan fingerprint density at radius 3 is 2.83 bits per heavy atom. The lowest BCUT2D eigenvalue weighted by molar-refractivity contribution is 0.896. The zero-order valence-electron chi connectivity index (χ0n) is 10.2. The van der Waals surface area contributed by atoms with Gasteiger partial charge in [-0.15, -0.1) is 0 Å². The minimum Gasteiger partial charge on any atom is -0.0795 e. The fourth-order valence-corrected chi connectivity index (χ4v) is 3.78. The summed E-state index contributed by atoms with van der Waals surface area (Å²) in [6.07, 6.45) is 10.9. The predicted octanol–water partition coefficient (Wildman–Crippen LogP) is 4.38. The van der Waals surface area contributed by atoms with Crippen LogP contribution in [0.4, 0.5) is 0 Å². The van der Waals surface area contributed by atoms with E-state index in [9.17, 15) is 0 Å². The van der Waals surface area contributed by atoms with E-state index in [1.165, 1.54) is 40.3 Å². The van der Waals surface area contributed by atoms with E-state index in [0.717, 1.165) is 6.42 Å². The largest absolute Gasteiger partial charge is 0.0795 e. The molecule has 0 aliphatic heterocycles. The second kappa shape index (κ2) is 2.77. The molecular formula is C18H14. The molecule has 2 aromatic rings. The van der Waals surface area contributed by atoms with Crippen LogP contribution in [0.25, 0.3) is 16.3 Å². The first kappa shape index (κ1) is 9.16. The van der Waals surface area contributed by atoms with Gasteiger partial charge in [0.05, 0.1) is 0 Å². The molecule has 18 heavy (non-hydrogen) atoms. The van der Waals surface area contributed by atoms with Crippen LogP contribution in [-0.2, 0) is 11.8 Å². The first-order valence-electron chi connectivity index (χ1n) is 6.82. The normalized spacial score (nSPS) is 21.2. The summed E-state index contributed by atoms with van der Waals surface area (Å²) < 4.78 is 0. The van der Waals surface area contributed by atoms with E-state index < -0.39 is 0 Å². The third-order valence-corrected chi connectivity index (χ3v) is 4.81. The lowest BCUT2D eigenvalue weighted by Gasteiger charge is -2.27. The topological polar surface area (TPSA) is 0 Å². The molecule has 2 aromatic carbocycles. The number of hydrogen-bond donors (Lipinski definition) is 0. The zero-order chi connectivity index (χ0) is 11.7. The third kappa shape index (κ3) is 0.940. The summed E-state index contributed by atoms with van der Waals surface area (Å²) in [5, 5.41) is 2.95. The van der Waals surface area contributed by atoms with E-state index in [0.29, 0.717) is 5.41 Å². The van der Waals surface area contributed by atoms with Crippen molar-refractivity contribution < 1.29 is 0 Å². The maximum absolute atomic E-state index is 2.53. The second-order valence-corrected chi connectivity index (χ2v) is 5.87. The Balaban J connectivity index is 2.04. The first-order chi connectivity index (χ1) is 8.87. The molecule has 0 atom stereocenters. The number of allylic oxidation sites excluding steroid dienone is 4. The lowest BCUT2D eigenvalue weighted by atomic mass is 9.76. The van der Waals surface area contributed by atoms with Crippen molar-refractivity contribution in [1.82, 2.24) is 0 Å². The van der Waals surface area contributed by atoms with Gasteiger partial charge in [0.15, 0.2) is 0 Å². The van der Waals surface area contributed by atoms with Gasteiger partial charge in [-0.3, -0.25) is 0 Å². The molecule has 1 fully saturated rings. The lowest BCUT2D eigenvalue weighted by Crippen LogP contribution is -2.12. The fourth-order valence-electron chi connectivity index (χ4n) is 3.78. The van der Waals surface area contributed by atoms with E-state index in [4.69, 9.17) is 0 Å². The maximum Gasteiger partial charge on any atom is 0.0148 e. The van der Waals surface area contributed by atoms with E-state index in [-0.39, 0.29) is 0 Å². The summed E-state index contributed by atoms with van der Waals surface area (Å²) in [4.78, 5) is 0. The summed E-state index contributed by atoms with van der Waals surface area (Å²) >= 11 is 0. The van der Waals surface area contributed by atoms with Crippen LogP contribution in [0.2, 0.25) is 0 Å². The van der Waals surface area contributed by atoms with Gasteiger partial charge in [-0.05, 0) is 52.3 Å². The SMILES string of the molecule is C1=CC2=CC3(CC3)c3cccc4ccc(c2c34)C1. The molecule has 0 nitrogen and oxygen atoms in total. The van der Waals surface area contributed by atoms with Crippen LogP contribution >= 0.6 is 0 Å². The molecule has 0 saturated heterocycles. The molecule has 0 unspecified atom stereocenters. The molecule has 5 rings (SSSR count). The first-order valence-corrected chi connectivity index (χ1v) is 6.82. The Kier molecular flexibility index (Phi) is 1.41. The Labute approximate surface area is 107 Å². The number of benzene rings is 2. The highest BCUT2D eigenvalue weighted by atomic mass is 14.5. The number of rotatable bonds is 0. The van der Waals surface area contributed by atoms with Gasteiger partial charge in [-0.2, -0.15) is 0 Å². The average Bonchev–Trinajstić information content (AvgIpc) is 3.18. The van der Waals surface area contributed by atoms with Crippen molar-refractivity contribution in [1.29, 1.82) is 0 Å². The molecule has 0 heteroatoms. The predicted molar refractivity (Wildman–Crippen MR) is 75.7 cm³/mol. The molecule has 0 amide bonds. The quantitative estimate of drug-likeness (QED) is 0.630. The van der Waals surface area contributed by atoms with Gasteiger partial charge in [0.1, 0.15) is 0 Å². The van der Waals surface area contributed by atoms with Crippen molar-refractivity contribution in [3.8, 4) is 0 Å². The van der Waals surface area contributed by atoms with Gasteiger partial charge in [0.2, 0.25) is 0 Å². The van der Waals surface area contributed by atoms with Crippen molar-refractivity contribution in [3.63, 3.8) is 0 Å². The molecule has 0 N–H and O–H groups in total. The molecule has 0 aromatic heterocycles. The standard InChI is InChI=1S/C18H14/c1-3-12-7-8-13-4-2-6-15-17(13)16(12)14(5-1)11-18(15)9-10-18/h1-2,4-8,11H,3,9-10H2. The van der Waals surface area contributed by atoms with Crippen LogP contribution in [0.15, 0.2) is 48.6 Å². The van der Waals surface area contributed by atoms with Crippen molar-refractivity contribution in [2.45, 2.75) is 24.7 Å². The minimum atomic E-state index is 0.377. The monoisotopic (exact) mass is 230 g/mol. The summed E-state index contributed by atoms with van der Waals surface area (Å²) in [6.45, 7) is 0. The highest BCUT2D eigenvalue weighted by molar-refractivity contribution is 6.03. The van der Waals surface area contributed by atoms with Gasteiger partial charge in [0.25, 0.3) is 0 Å². The summed E-state index contributed by atoms with van der Waals surface area (Å²) in [5.74, 6) is 0. The highest BCUT2D eigenvalue weighted by Gasteiger charge is 2.46. The molecule has 0 bridgehead atoms. The Morgan fingerprint density at radius 1 is 1.00 bits per heavy atom. The van der Waals surface area contributed by atoms with Gasteiger partial charge in [-0.1, -0.05) is 48.6 Å². The Bertz CT molecular complexity index is 755. The van der Waals surface area contributed by atoms with Crippen LogP contribution in [-0.4, -0.2) is 0 Å². The Hall–Kier alpha value is -1.82. The van der Waals surface area contributed by atoms with Crippen LogP contribution in [0, 0.1) is 0 Å². The molecule has 86 valence electrons. The maximum atomic E-state index is 2.53. The molecule has 1 saturated carbocycles. The van der Waals surface area contributed by atoms with Gasteiger partial charge >= 0.3 is 0 Å². The second-order valence-electron chi connectivity index (χ2n) is 5.87. The van der Waals surface area contributed by atoms with E-state index in [2.05, 4.69) is 48.6 Å². The molecule has 0 heterocycles. The molecule has 3 aliphatic rings. The van der Waals surface area contributed by atoms with Crippen molar-refractivity contribution >= 4 is 16.3 Å². The smallest absolute Gasteiger partial charge is 0.0148 e. The summed E-state index contributed by atoms with van der Waals surface area (Å²) in [5.41, 5.74) is 6.44. The molecular weight excluding hydrogens is 216 g/mol. The van der Waals surface area contributed by atoms with Crippen molar-refractivity contribution in [3.05, 3.63) is 65.3 Å². The van der Waals surface area contributed by atoms with Gasteiger partial charge < -0.3 is 0 Å². The van der Waals surface area contributed by atoms with E-state index >= 15 is 0 Å². The van der Waals surface area contributed by atoms with E-state index in [1.807, 2.05) is 0 Å². The van der Waals surface area contributed by atoms with Crippen LogP contribution in [0.3, 0.4) is 0 Å². The van der Waals surface area contributed by atoms with Crippen molar-refractivity contribution in [2.24, 2.45) is 0 Å². The van der Waals surface area contributed by atoms with Crippen LogP contribution in [0.5, 0.6) is 0 Å². The molecule has 3 aliphatic carbocycles. The van der Waals surface area contributed by atoms with Crippen LogP contribution < -0.4 is 0 Å². The number of fused-ring (bicyclic) bond motifs is 1. The Morgan fingerprint density at radius 2 is 1.94 bits per heavy atom. The molecule has 0 radical (unpaired) electrons. The summed E-state index contributed by atoms with van der Waals surface area (Å²) in [7, 11) is 0. The van der Waals surface area contributed by atoms with Gasteiger partial charge in [-0.25, -0.2) is 0 Å². The van der Waals surface area contributed by atoms with Gasteiger partial charge in [0, 0.05) is 5.41 Å². The zero-order valence-corrected chi connectivity index (χ0v) is 10.2. The average molecular weight is 230 g/mol. The fraction of sp³-hybridized carbons (Fsp3) is 0.222.